The number of sulfonamides is 1. The first-order valence-electron chi connectivity index (χ1n) is 9.70. The van der Waals surface area contributed by atoms with E-state index < -0.39 is 34.2 Å². The molecule has 0 aliphatic rings. The first-order valence-corrected chi connectivity index (χ1v) is 11.1. The lowest BCUT2D eigenvalue weighted by atomic mass is 10.1. The predicted molar refractivity (Wildman–Crippen MR) is 117 cm³/mol. The molecule has 9 heteroatoms. The highest BCUT2D eigenvalue weighted by atomic mass is 32.2. The Morgan fingerprint density at radius 3 is 2.38 bits per heavy atom. The number of aryl methyl sites for hydroxylation is 1. The highest BCUT2D eigenvalue weighted by molar-refractivity contribution is 7.89. The summed E-state index contributed by atoms with van der Waals surface area (Å²) in [7, 11) is -0.939. The smallest absolute Gasteiger partial charge is 0.338 e. The maximum absolute atomic E-state index is 13.6. The van der Waals surface area contributed by atoms with E-state index in [0.29, 0.717) is 16.9 Å². The highest BCUT2D eigenvalue weighted by Gasteiger charge is 2.21. The molecule has 1 heterocycles. The van der Waals surface area contributed by atoms with Crippen molar-refractivity contribution in [2.45, 2.75) is 18.7 Å². The molecule has 0 aliphatic heterocycles. The molecule has 3 rings (SSSR count). The summed E-state index contributed by atoms with van der Waals surface area (Å²) in [4.78, 5) is 25.1. The SMILES string of the molecule is Cc1cc(C(=O)COC(=O)c2cccc(S(=O)(=O)N(C)C)c2)c(C)n1-c1cccc(F)c1. The Balaban J connectivity index is 1.77. The number of hydrogen-bond donors (Lipinski definition) is 0. The Labute approximate surface area is 186 Å². The van der Waals surface area contributed by atoms with Crippen molar-refractivity contribution in [1.29, 1.82) is 0 Å². The number of benzene rings is 2. The summed E-state index contributed by atoms with van der Waals surface area (Å²) < 4.78 is 46.1. The summed E-state index contributed by atoms with van der Waals surface area (Å²) in [5.74, 6) is -1.63. The Hall–Kier alpha value is -3.30. The van der Waals surface area contributed by atoms with E-state index in [0.717, 1.165) is 10.00 Å². The lowest BCUT2D eigenvalue weighted by Crippen LogP contribution is -2.22. The number of halogens is 1. The summed E-state index contributed by atoms with van der Waals surface area (Å²) in [5, 5.41) is 0. The van der Waals surface area contributed by atoms with E-state index in [1.165, 1.54) is 50.5 Å². The van der Waals surface area contributed by atoms with Crippen molar-refractivity contribution in [2.24, 2.45) is 0 Å². The molecule has 0 bridgehead atoms. The van der Waals surface area contributed by atoms with Crippen LogP contribution in [0.5, 0.6) is 0 Å². The van der Waals surface area contributed by atoms with Gasteiger partial charge in [0, 0.05) is 36.7 Å². The molecule has 0 amide bonds. The minimum atomic E-state index is -3.72. The molecule has 2 aromatic carbocycles. The summed E-state index contributed by atoms with van der Waals surface area (Å²) in [6.45, 7) is 3.00. The van der Waals surface area contributed by atoms with Crippen LogP contribution in [0.15, 0.2) is 59.5 Å². The molecule has 32 heavy (non-hydrogen) atoms. The molecule has 0 saturated carbocycles. The standard InChI is InChI=1S/C23H23FN2O5S/c1-15-11-21(16(2)26(15)19-9-6-8-18(24)13-19)22(27)14-31-23(28)17-7-5-10-20(12-17)32(29,30)25(3)4/h5-13H,14H2,1-4H3. The van der Waals surface area contributed by atoms with Crippen LogP contribution in [0.1, 0.15) is 32.1 Å². The third kappa shape index (κ3) is 4.63. The van der Waals surface area contributed by atoms with Crippen molar-refractivity contribution < 1.29 is 27.1 Å². The number of ether oxygens (including phenoxy) is 1. The van der Waals surface area contributed by atoms with Gasteiger partial charge in [0.05, 0.1) is 10.5 Å². The molecule has 3 aromatic rings. The molecular formula is C23H23FN2O5S. The second-order valence-corrected chi connectivity index (χ2v) is 9.57. The lowest BCUT2D eigenvalue weighted by molar-refractivity contribution is 0.0474. The van der Waals surface area contributed by atoms with Crippen LogP contribution < -0.4 is 0 Å². The van der Waals surface area contributed by atoms with Gasteiger partial charge in [0.1, 0.15) is 5.82 Å². The normalized spacial score (nSPS) is 11.6. The fourth-order valence-corrected chi connectivity index (χ4v) is 4.29. The van der Waals surface area contributed by atoms with E-state index in [1.54, 1.807) is 36.6 Å². The molecule has 0 radical (unpaired) electrons. The third-order valence-corrected chi connectivity index (χ3v) is 6.79. The van der Waals surface area contributed by atoms with Gasteiger partial charge >= 0.3 is 5.97 Å². The van der Waals surface area contributed by atoms with Crippen LogP contribution in [0.4, 0.5) is 4.39 Å². The summed E-state index contributed by atoms with van der Waals surface area (Å²) in [5.41, 5.74) is 2.27. The van der Waals surface area contributed by atoms with E-state index >= 15 is 0 Å². The van der Waals surface area contributed by atoms with E-state index in [9.17, 15) is 22.4 Å². The van der Waals surface area contributed by atoms with Gasteiger partial charge in [0.15, 0.2) is 6.61 Å². The van der Waals surface area contributed by atoms with Crippen molar-refractivity contribution in [3.05, 3.63) is 82.9 Å². The van der Waals surface area contributed by atoms with E-state index in [-0.39, 0.29) is 10.5 Å². The average Bonchev–Trinajstić information content (AvgIpc) is 3.05. The first kappa shape index (κ1) is 23.4. The van der Waals surface area contributed by atoms with Gasteiger partial charge in [0.2, 0.25) is 15.8 Å². The molecule has 0 spiro atoms. The second kappa shape index (κ2) is 9.05. The van der Waals surface area contributed by atoms with Gasteiger partial charge in [0.25, 0.3) is 0 Å². The number of rotatable bonds is 7. The molecule has 0 unspecified atom stereocenters. The number of aromatic nitrogens is 1. The van der Waals surface area contributed by atoms with Gasteiger partial charge in [-0.2, -0.15) is 0 Å². The van der Waals surface area contributed by atoms with Crippen LogP contribution in [0.2, 0.25) is 0 Å². The number of nitrogens with zero attached hydrogens (tertiary/aromatic N) is 2. The van der Waals surface area contributed by atoms with E-state index in [4.69, 9.17) is 4.74 Å². The van der Waals surface area contributed by atoms with Crippen molar-refractivity contribution in [3.63, 3.8) is 0 Å². The average molecular weight is 459 g/mol. The monoisotopic (exact) mass is 458 g/mol. The van der Waals surface area contributed by atoms with Crippen molar-refractivity contribution in [3.8, 4) is 5.69 Å². The molecule has 7 nitrogen and oxygen atoms in total. The fourth-order valence-electron chi connectivity index (χ4n) is 3.34. The van der Waals surface area contributed by atoms with Crippen molar-refractivity contribution in [2.75, 3.05) is 20.7 Å². The molecule has 0 atom stereocenters. The lowest BCUT2D eigenvalue weighted by Gasteiger charge is -2.12. The molecule has 0 fully saturated rings. The number of carbonyl (C=O) groups is 2. The van der Waals surface area contributed by atoms with Crippen LogP contribution >= 0.6 is 0 Å². The minimum Gasteiger partial charge on any atom is -0.454 e. The number of Topliss-reactive ketones (excluding diaryl/α,β-unsaturated/α-hetero) is 1. The zero-order chi connectivity index (χ0) is 23.6. The predicted octanol–water partition coefficient (Wildman–Crippen LogP) is 3.52. The third-order valence-electron chi connectivity index (χ3n) is 4.98. The second-order valence-electron chi connectivity index (χ2n) is 7.41. The molecule has 168 valence electrons. The Bertz CT molecular complexity index is 1300. The molecular weight excluding hydrogens is 435 g/mol. The quantitative estimate of drug-likeness (QED) is 0.399. The van der Waals surface area contributed by atoms with Gasteiger partial charge in [-0.1, -0.05) is 12.1 Å². The van der Waals surface area contributed by atoms with Crippen molar-refractivity contribution in [1.82, 2.24) is 8.87 Å². The maximum Gasteiger partial charge on any atom is 0.338 e. The molecule has 0 N–H and O–H groups in total. The van der Waals surface area contributed by atoms with Crippen LogP contribution in [-0.4, -0.2) is 49.7 Å². The topological polar surface area (TPSA) is 85.7 Å². The Morgan fingerprint density at radius 2 is 1.72 bits per heavy atom. The van der Waals surface area contributed by atoms with Crippen LogP contribution in [0.25, 0.3) is 5.69 Å². The van der Waals surface area contributed by atoms with Gasteiger partial charge in [-0.3, -0.25) is 4.79 Å². The summed E-state index contributed by atoms with van der Waals surface area (Å²) in [6.07, 6.45) is 0. The fraction of sp³-hybridized carbons (Fsp3) is 0.217. The van der Waals surface area contributed by atoms with Gasteiger partial charge in [-0.15, -0.1) is 0 Å². The molecule has 0 saturated heterocycles. The zero-order valence-corrected chi connectivity index (χ0v) is 18.9. The number of hydrogen-bond acceptors (Lipinski definition) is 5. The summed E-state index contributed by atoms with van der Waals surface area (Å²) in [6, 6.07) is 13.1. The molecule has 0 aliphatic carbocycles. The summed E-state index contributed by atoms with van der Waals surface area (Å²) >= 11 is 0. The van der Waals surface area contributed by atoms with Gasteiger partial charge in [-0.25, -0.2) is 21.9 Å². The van der Waals surface area contributed by atoms with E-state index in [2.05, 4.69) is 0 Å². The number of carbonyl (C=O) groups excluding carboxylic acids is 2. The Morgan fingerprint density at radius 1 is 1.03 bits per heavy atom. The molecule has 1 aromatic heterocycles. The minimum absolute atomic E-state index is 0.0194. The zero-order valence-electron chi connectivity index (χ0n) is 18.1. The van der Waals surface area contributed by atoms with E-state index in [1.807, 2.05) is 0 Å². The maximum atomic E-state index is 13.6. The van der Waals surface area contributed by atoms with Gasteiger partial charge in [-0.05, 0) is 56.3 Å². The van der Waals surface area contributed by atoms with Crippen LogP contribution in [-0.2, 0) is 14.8 Å². The Kier molecular flexibility index (Phi) is 6.61. The van der Waals surface area contributed by atoms with Crippen molar-refractivity contribution >= 4 is 21.8 Å². The highest BCUT2D eigenvalue weighted by Crippen LogP contribution is 2.22. The van der Waals surface area contributed by atoms with Gasteiger partial charge < -0.3 is 9.30 Å². The number of ketones is 1. The number of esters is 1. The largest absolute Gasteiger partial charge is 0.454 e. The van der Waals surface area contributed by atoms with Crippen LogP contribution in [0.3, 0.4) is 0 Å². The van der Waals surface area contributed by atoms with Crippen LogP contribution in [0, 0.1) is 19.7 Å². The first-order chi connectivity index (χ1) is 15.0.